The van der Waals surface area contributed by atoms with Crippen LogP contribution in [0.3, 0.4) is 0 Å². The molecule has 0 N–H and O–H groups in total. The molecule has 0 heterocycles. The molecule has 0 amide bonds. The van der Waals surface area contributed by atoms with E-state index in [1.54, 1.807) is 13.8 Å². The molecule has 0 unspecified atom stereocenters. The largest absolute Gasteiger partial charge is 0.458 e. The van der Waals surface area contributed by atoms with Gasteiger partial charge in [0, 0.05) is 29.3 Å². The third kappa shape index (κ3) is 5.74. The first kappa shape index (κ1) is 23.9. The molecular formula is C24H20N2O8. The van der Waals surface area contributed by atoms with E-state index in [4.69, 9.17) is 14.2 Å². The van der Waals surface area contributed by atoms with Crippen LogP contribution < -0.4 is 9.47 Å². The number of nitrogens with zero attached hydrogens (tertiary/aromatic N) is 2. The van der Waals surface area contributed by atoms with E-state index in [2.05, 4.69) is 6.58 Å². The smallest absolute Gasteiger partial charge is 0.338 e. The zero-order chi connectivity index (χ0) is 24.8. The minimum atomic E-state index is -0.644. The SMILES string of the molecule is C=CCOC(=O)c1cc(Oc2ccc([N+](=O)[O-])c(C)c2)cc(Oc2ccc([N+](=O)[O-])c(C)c2)c1. The van der Waals surface area contributed by atoms with Gasteiger partial charge in [-0.25, -0.2) is 4.79 Å². The lowest BCUT2D eigenvalue weighted by molar-refractivity contribution is -0.385. The molecule has 3 rings (SSSR count). The fraction of sp³-hybridized carbons (Fsp3) is 0.125. The quantitative estimate of drug-likeness (QED) is 0.162. The van der Waals surface area contributed by atoms with Crippen LogP contribution in [0.25, 0.3) is 0 Å². The maximum absolute atomic E-state index is 12.4. The van der Waals surface area contributed by atoms with Gasteiger partial charge in [0.15, 0.2) is 0 Å². The highest BCUT2D eigenvalue weighted by Gasteiger charge is 2.16. The minimum absolute atomic E-state index is 0.00318. The number of carbonyl (C=O) groups is 1. The van der Waals surface area contributed by atoms with Crippen molar-refractivity contribution in [1.29, 1.82) is 0 Å². The standard InChI is InChI=1S/C24H20N2O8/c1-4-9-32-24(27)17-12-20(33-18-5-7-22(25(28)29)15(2)10-18)14-21(13-17)34-19-6-8-23(26(30)31)16(3)11-19/h4-8,10-14H,1,9H2,2-3H3. The molecule has 0 aliphatic heterocycles. The number of nitro benzene ring substituents is 2. The second-order valence-corrected chi connectivity index (χ2v) is 7.20. The topological polar surface area (TPSA) is 131 Å². The molecule has 0 aromatic heterocycles. The average Bonchev–Trinajstić information content (AvgIpc) is 2.77. The van der Waals surface area contributed by atoms with Crippen molar-refractivity contribution in [2.75, 3.05) is 6.61 Å². The normalized spacial score (nSPS) is 10.3. The fourth-order valence-electron chi connectivity index (χ4n) is 3.09. The molecule has 34 heavy (non-hydrogen) atoms. The summed E-state index contributed by atoms with van der Waals surface area (Å²) in [6.07, 6.45) is 1.43. The molecule has 0 aliphatic carbocycles. The van der Waals surface area contributed by atoms with Gasteiger partial charge in [-0.05, 0) is 50.2 Å². The van der Waals surface area contributed by atoms with Gasteiger partial charge in [0.25, 0.3) is 11.4 Å². The first-order chi connectivity index (χ1) is 16.2. The average molecular weight is 464 g/mol. The van der Waals surface area contributed by atoms with Gasteiger partial charge in [0.05, 0.1) is 15.4 Å². The van der Waals surface area contributed by atoms with Gasteiger partial charge < -0.3 is 14.2 Å². The Balaban J connectivity index is 1.95. The van der Waals surface area contributed by atoms with Gasteiger partial charge in [-0.3, -0.25) is 20.2 Å². The number of nitro groups is 2. The zero-order valence-electron chi connectivity index (χ0n) is 18.3. The Bertz CT molecular complexity index is 1200. The molecule has 0 aliphatic rings. The molecule has 10 heteroatoms. The Morgan fingerprint density at radius 2 is 1.29 bits per heavy atom. The minimum Gasteiger partial charge on any atom is -0.458 e. The van der Waals surface area contributed by atoms with Crippen LogP contribution in [-0.2, 0) is 4.74 Å². The van der Waals surface area contributed by atoms with Gasteiger partial charge in [-0.15, -0.1) is 0 Å². The van der Waals surface area contributed by atoms with Gasteiger partial charge in [0.1, 0.15) is 29.6 Å². The lowest BCUT2D eigenvalue weighted by Crippen LogP contribution is -2.05. The number of carbonyl (C=O) groups excluding carboxylic acids is 1. The molecule has 0 bridgehead atoms. The highest BCUT2D eigenvalue weighted by atomic mass is 16.6. The van der Waals surface area contributed by atoms with Crippen molar-refractivity contribution in [3.8, 4) is 23.0 Å². The van der Waals surface area contributed by atoms with E-state index in [9.17, 15) is 25.0 Å². The number of hydrogen-bond donors (Lipinski definition) is 0. The third-order valence-electron chi connectivity index (χ3n) is 4.65. The fourth-order valence-corrected chi connectivity index (χ4v) is 3.09. The summed E-state index contributed by atoms with van der Waals surface area (Å²) in [5, 5.41) is 22.1. The molecule has 0 saturated heterocycles. The van der Waals surface area contributed by atoms with E-state index in [1.807, 2.05) is 0 Å². The second-order valence-electron chi connectivity index (χ2n) is 7.20. The number of rotatable bonds is 9. The van der Waals surface area contributed by atoms with Crippen LogP contribution in [0.1, 0.15) is 21.5 Å². The molecule has 0 radical (unpaired) electrons. The summed E-state index contributed by atoms with van der Waals surface area (Å²) >= 11 is 0. The van der Waals surface area contributed by atoms with Crippen molar-refractivity contribution < 1.29 is 28.9 Å². The molecule has 174 valence electrons. The summed E-state index contributed by atoms with van der Waals surface area (Å²) < 4.78 is 16.7. The van der Waals surface area contributed by atoms with Crippen molar-refractivity contribution in [1.82, 2.24) is 0 Å². The van der Waals surface area contributed by atoms with E-state index >= 15 is 0 Å². The Labute approximate surface area is 194 Å². The van der Waals surface area contributed by atoms with E-state index in [-0.39, 0.29) is 35.0 Å². The van der Waals surface area contributed by atoms with Crippen molar-refractivity contribution in [3.05, 3.63) is 104 Å². The van der Waals surface area contributed by atoms with E-state index in [1.165, 1.54) is 60.7 Å². The van der Waals surface area contributed by atoms with Crippen molar-refractivity contribution in [2.45, 2.75) is 13.8 Å². The van der Waals surface area contributed by atoms with Crippen molar-refractivity contribution >= 4 is 17.3 Å². The Morgan fingerprint density at radius 3 is 1.68 bits per heavy atom. The maximum Gasteiger partial charge on any atom is 0.338 e. The lowest BCUT2D eigenvalue weighted by atomic mass is 10.1. The van der Waals surface area contributed by atoms with Gasteiger partial charge in [0.2, 0.25) is 0 Å². The molecule has 0 fully saturated rings. The first-order valence-corrected chi connectivity index (χ1v) is 9.97. The predicted octanol–water partition coefficient (Wildman–Crippen LogP) is 6.05. The number of hydrogen-bond acceptors (Lipinski definition) is 8. The van der Waals surface area contributed by atoms with Gasteiger partial charge >= 0.3 is 5.97 Å². The molecule has 3 aromatic rings. The van der Waals surface area contributed by atoms with Crippen LogP contribution in [0.4, 0.5) is 11.4 Å². The molecular weight excluding hydrogens is 444 g/mol. The third-order valence-corrected chi connectivity index (χ3v) is 4.65. The predicted molar refractivity (Wildman–Crippen MR) is 123 cm³/mol. The van der Waals surface area contributed by atoms with Crippen LogP contribution in [0.5, 0.6) is 23.0 Å². The lowest BCUT2D eigenvalue weighted by Gasteiger charge is -2.12. The molecule has 0 spiro atoms. The summed E-state index contributed by atoms with van der Waals surface area (Å²) in [5.74, 6) is 0.425. The van der Waals surface area contributed by atoms with Crippen LogP contribution in [-0.4, -0.2) is 22.4 Å². The van der Waals surface area contributed by atoms with E-state index < -0.39 is 15.8 Å². The number of ether oxygens (including phenoxy) is 3. The van der Waals surface area contributed by atoms with E-state index in [0.717, 1.165) is 0 Å². The highest BCUT2D eigenvalue weighted by molar-refractivity contribution is 5.90. The van der Waals surface area contributed by atoms with Crippen molar-refractivity contribution in [2.24, 2.45) is 0 Å². The Kier molecular flexibility index (Phi) is 7.22. The summed E-state index contributed by atoms with van der Waals surface area (Å²) in [6, 6.07) is 12.9. The zero-order valence-corrected chi connectivity index (χ0v) is 18.3. The molecule has 0 atom stereocenters. The van der Waals surface area contributed by atoms with Crippen LogP contribution in [0, 0.1) is 34.1 Å². The number of aryl methyl sites for hydroxylation is 2. The number of esters is 1. The summed E-state index contributed by atoms with van der Waals surface area (Å²) in [4.78, 5) is 33.5. The molecule has 10 nitrogen and oxygen atoms in total. The first-order valence-electron chi connectivity index (χ1n) is 9.97. The Morgan fingerprint density at radius 1 is 0.824 bits per heavy atom. The van der Waals surface area contributed by atoms with E-state index in [0.29, 0.717) is 22.6 Å². The maximum atomic E-state index is 12.4. The van der Waals surface area contributed by atoms with Gasteiger partial charge in [-0.2, -0.15) is 0 Å². The van der Waals surface area contributed by atoms with Crippen LogP contribution in [0.2, 0.25) is 0 Å². The van der Waals surface area contributed by atoms with Crippen LogP contribution in [0.15, 0.2) is 67.3 Å². The Hall–Kier alpha value is -4.73. The number of benzene rings is 3. The monoisotopic (exact) mass is 464 g/mol. The highest BCUT2D eigenvalue weighted by Crippen LogP contribution is 2.33. The molecule has 3 aromatic carbocycles. The van der Waals surface area contributed by atoms with Gasteiger partial charge in [-0.1, -0.05) is 12.7 Å². The summed E-state index contributed by atoms with van der Waals surface area (Å²) in [6.45, 7) is 6.67. The van der Waals surface area contributed by atoms with Crippen molar-refractivity contribution in [3.63, 3.8) is 0 Å². The summed E-state index contributed by atoms with van der Waals surface area (Å²) in [5.41, 5.74) is 0.841. The van der Waals surface area contributed by atoms with Crippen LogP contribution >= 0.6 is 0 Å². The summed E-state index contributed by atoms with van der Waals surface area (Å²) in [7, 11) is 0. The second kappa shape index (κ2) is 10.3. The molecule has 0 saturated carbocycles.